The van der Waals surface area contributed by atoms with Crippen LogP contribution in [-0.4, -0.2) is 108 Å². The zero-order valence-corrected chi connectivity index (χ0v) is 28.7. The van der Waals surface area contributed by atoms with Crippen LogP contribution in [0.25, 0.3) is 0 Å². The van der Waals surface area contributed by atoms with E-state index >= 15 is 0 Å². The molecule has 4 amide bonds. The first-order valence-corrected chi connectivity index (χ1v) is 17.8. The summed E-state index contributed by atoms with van der Waals surface area (Å²) in [7, 11) is 1.56. The van der Waals surface area contributed by atoms with E-state index in [9.17, 15) is 19.2 Å². The molecule has 2 N–H and O–H groups in total. The molecule has 0 unspecified atom stereocenters. The average Bonchev–Trinajstić information content (AvgIpc) is 3.37. The van der Waals surface area contributed by atoms with Crippen LogP contribution in [0.2, 0.25) is 0 Å². The number of rotatable bonds is 11. The molecule has 3 saturated heterocycles. The zero-order chi connectivity index (χ0) is 33.3. The standard InChI is InChI=1S/C35H54N6O6/c1-23(47-19-25-8-6-5-7-9-25)29(31(43)36-4)38-30(42)28-18-39(20-35(28)21-40(22-35)33(45)27-14-34(27,2)3)32(44)26-15-37-41(17-26)16-24-10-12-46-13-11-24/h15,17,23-25,27-29H,5-14,16,18-22H2,1-4H3,(H,36,43)(H,38,42)/t23-,27-,28+,29+/m1/s1. The van der Waals surface area contributed by atoms with Gasteiger partial charge < -0.3 is 29.9 Å². The Morgan fingerprint density at radius 3 is 2.34 bits per heavy atom. The molecule has 1 spiro atoms. The third-order valence-electron chi connectivity index (χ3n) is 11.7. The lowest BCUT2D eigenvalue weighted by Gasteiger charge is -2.50. The van der Waals surface area contributed by atoms with Crippen LogP contribution in [0.15, 0.2) is 12.4 Å². The summed E-state index contributed by atoms with van der Waals surface area (Å²) in [6, 6.07) is -0.869. The largest absolute Gasteiger partial charge is 0.381 e. The van der Waals surface area contributed by atoms with Crippen molar-refractivity contribution >= 4 is 23.6 Å². The van der Waals surface area contributed by atoms with Crippen LogP contribution in [0.5, 0.6) is 0 Å². The molecule has 2 saturated carbocycles. The quantitative estimate of drug-likeness (QED) is 0.375. The van der Waals surface area contributed by atoms with Crippen LogP contribution in [0.1, 0.15) is 82.5 Å². The number of ether oxygens (including phenoxy) is 2. The fraction of sp³-hybridized carbons (Fsp3) is 0.800. The average molecular weight is 655 g/mol. The van der Waals surface area contributed by atoms with E-state index in [0.29, 0.717) is 43.6 Å². The summed E-state index contributed by atoms with van der Waals surface area (Å²) >= 11 is 0. The molecule has 1 aromatic heterocycles. The minimum absolute atomic E-state index is 0.00706. The van der Waals surface area contributed by atoms with Crippen LogP contribution in [0, 0.1) is 34.5 Å². The van der Waals surface area contributed by atoms with Gasteiger partial charge in [-0.2, -0.15) is 5.10 Å². The Bertz CT molecular complexity index is 1310. The van der Waals surface area contributed by atoms with Gasteiger partial charge in [0.1, 0.15) is 6.04 Å². The molecule has 4 atom stereocenters. The monoisotopic (exact) mass is 654 g/mol. The van der Waals surface area contributed by atoms with E-state index in [1.807, 2.05) is 16.5 Å². The lowest BCUT2D eigenvalue weighted by Crippen LogP contribution is -2.65. The van der Waals surface area contributed by atoms with Crippen LogP contribution in [-0.2, 0) is 30.4 Å². The fourth-order valence-electron chi connectivity index (χ4n) is 8.28. The van der Waals surface area contributed by atoms with Crippen LogP contribution in [0.4, 0.5) is 0 Å². The van der Waals surface area contributed by atoms with Crippen molar-refractivity contribution in [2.24, 2.45) is 34.5 Å². The van der Waals surface area contributed by atoms with Gasteiger partial charge in [-0.25, -0.2) is 0 Å². The first-order chi connectivity index (χ1) is 22.5. The lowest BCUT2D eigenvalue weighted by molar-refractivity contribution is -0.152. The Hall–Kier alpha value is -2.99. The summed E-state index contributed by atoms with van der Waals surface area (Å²) in [4.78, 5) is 57.9. The van der Waals surface area contributed by atoms with Crippen molar-refractivity contribution in [3.8, 4) is 0 Å². The molecule has 5 aliphatic rings. The van der Waals surface area contributed by atoms with E-state index in [1.54, 1.807) is 24.3 Å². The van der Waals surface area contributed by atoms with E-state index in [1.165, 1.54) is 19.3 Å². The smallest absolute Gasteiger partial charge is 0.257 e. The first-order valence-electron chi connectivity index (χ1n) is 17.8. The maximum atomic E-state index is 14.1. The summed E-state index contributed by atoms with van der Waals surface area (Å²) in [5.41, 5.74) is -0.0762. The number of nitrogens with one attached hydrogen (secondary N) is 2. The Morgan fingerprint density at radius 2 is 1.68 bits per heavy atom. The van der Waals surface area contributed by atoms with Gasteiger partial charge in [-0.15, -0.1) is 0 Å². The summed E-state index contributed by atoms with van der Waals surface area (Å²) in [6.07, 6.45) is 11.6. The lowest BCUT2D eigenvalue weighted by atomic mass is 9.70. The predicted molar refractivity (Wildman–Crippen MR) is 174 cm³/mol. The molecule has 47 heavy (non-hydrogen) atoms. The predicted octanol–water partition coefficient (Wildman–Crippen LogP) is 2.47. The molecule has 12 heteroatoms. The number of hydrogen-bond acceptors (Lipinski definition) is 7. The molecule has 1 aromatic rings. The maximum Gasteiger partial charge on any atom is 0.257 e. The van der Waals surface area contributed by atoms with Crippen molar-refractivity contribution in [1.29, 1.82) is 0 Å². The maximum absolute atomic E-state index is 14.1. The van der Waals surface area contributed by atoms with Crippen molar-refractivity contribution < 1.29 is 28.7 Å². The molecule has 5 fully saturated rings. The van der Waals surface area contributed by atoms with E-state index in [2.05, 4.69) is 29.6 Å². The molecule has 12 nitrogen and oxygen atoms in total. The molecule has 2 aliphatic carbocycles. The number of likely N-dealkylation sites (tertiary alicyclic amines) is 2. The molecule has 0 aromatic carbocycles. The van der Waals surface area contributed by atoms with Crippen molar-refractivity contribution in [1.82, 2.24) is 30.2 Å². The van der Waals surface area contributed by atoms with E-state index in [-0.39, 0.29) is 41.5 Å². The Balaban J connectivity index is 1.15. The Labute approximate surface area is 278 Å². The summed E-state index contributed by atoms with van der Waals surface area (Å²) in [5, 5.41) is 10.2. The van der Waals surface area contributed by atoms with Crippen LogP contribution < -0.4 is 10.6 Å². The third kappa shape index (κ3) is 7.38. The number of nitrogens with zero attached hydrogens (tertiary/aromatic N) is 4. The fourth-order valence-corrected chi connectivity index (χ4v) is 8.28. The molecule has 0 radical (unpaired) electrons. The second-order valence-corrected chi connectivity index (χ2v) is 15.7. The number of aromatic nitrogens is 2. The SMILES string of the molecule is CNC(=O)[C@@H](NC(=O)[C@@H]1CN(C(=O)c2cnn(CC3CCOCC3)c2)CC12CN(C(=O)[C@H]1CC1(C)C)C2)[C@@H](C)OCC1CCCCC1. The number of likely N-dealkylation sites (N-methyl/N-ethyl adjacent to an activating group) is 1. The highest BCUT2D eigenvalue weighted by atomic mass is 16.5. The van der Waals surface area contributed by atoms with E-state index in [4.69, 9.17) is 9.47 Å². The van der Waals surface area contributed by atoms with Crippen LogP contribution >= 0.6 is 0 Å². The summed E-state index contributed by atoms with van der Waals surface area (Å²) in [6.45, 7) is 10.3. The minimum atomic E-state index is -0.869. The highest BCUT2D eigenvalue weighted by Crippen LogP contribution is 2.54. The molecule has 4 heterocycles. The third-order valence-corrected chi connectivity index (χ3v) is 11.7. The second kappa shape index (κ2) is 13.9. The van der Waals surface area contributed by atoms with Crippen molar-refractivity contribution in [3.63, 3.8) is 0 Å². The molecule has 260 valence electrons. The van der Waals surface area contributed by atoms with Gasteiger partial charge >= 0.3 is 0 Å². The van der Waals surface area contributed by atoms with Gasteiger partial charge in [0, 0.05) is 77.1 Å². The molecular formula is C35H54N6O6. The van der Waals surface area contributed by atoms with Gasteiger partial charge in [-0.1, -0.05) is 33.1 Å². The normalized spacial score (nSPS) is 26.8. The van der Waals surface area contributed by atoms with Crippen molar-refractivity contribution in [3.05, 3.63) is 18.0 Å². The van der Waals surface area contributed by atoms with Gasteiger partial charge in [-0.3, -0.25) is 23.9 Å². The van der Waals surface area contributed by atoms with E-state index < -0.39 is 23.5 Å². The van der Waals surface area contributed by atoms with Gasteiger partial charge in [0.25, 0.3) is 5.91 Å². The Kier molecular flexibility index (Phi) is 9.99. The zero-order valence-electron chi connectivity index (χ0n) is 28.7. The molecular weight excluding hydrogens is 600 g/mol. The van der Waals surface area contributed by atoms with Gasteiger partial charge in [0.15, 0.2) is 0 Å². The number of carbonyl (C=O) groups excluding carboxylic acids is 4. The van der Waals surface area contributed by atoms with Gasteiger partial charge in [-0.05, 0) is 56.3 Å². The number of amides is 4. The Morgan fingerprint density at radius 1 is 1.00 bits per heavy atom. The van der Waals surface area contributed by atoms with Crippen LogP contribution in [0.3, 0.4) is 0 Å². The molecule has 3 aliphatic heterocycles. The minimum Gasteiger partial charge on any atom is -0.381 e. The summed E-state index contributed by atoms with van der Waals surface area (Å²) in [5.74, 6) is -0.257. The van der Waals surface area contributed by atoms with Gasteiger partial charge in [0.05, 0.1) is 23.8 Å². The van der Waals surface area contributed by atoms with E-state index in [0.717, 1.165) is 51.9 Å². The van der Waals surface area contributed by atoms with Crippen molar-refractivity contribution in [2.45, 2.75) is 90.8 Å². The second-order valence-electron chi connectivity index (χ2n) is 15.7. The highest BCUT2D eigenvalue weighted by Gasteiger charge is 2.62. The number of hydrogen-bond donors (Lipinski definition) is 2. The molecule has 6 rings (SSSR count). The highest BCUT2D eigenvalue weighted by molar-refractivity contribution is 5.95. The van der Waals surface area contributed by atoms with Crippen molar-refractivity contribution in [2.75, 3.05) is 53.0 Å². The first kappa shape index (κ1) is 33.9. The topological polar surface area (TPSA) is 135 Å². The number of carbonyl (C=O) groups is 4. The summed E-state index contributed by atoms with van der Waals surface area (Å²) < 4.78 is 13.5. The van der Waals surface area contributed by atoms with Gasteiger partial charge in [0.2, 0.25) is 17.7 Å². The molecule has 0 bridgehead atoms.